The van der Waals surface area contributed by atoms with E-state index >= 15 is 0 Å². The number of nitrogens with one attached hydrogen (secondary N) is 2. The zero-order valence-electron chi connectivity index (χ0n) is 11.7. The molecule has 0 fully saturated rings. The first kappa shape index (κ1) is 15.1. The number of furan rings is 1. The van der Waals surface area contributed by atoms with E-state index in [9.17, 15) is 4.79 Å². The van der Waals surface area contributed by atoms with Crippen molar-refractivity contribution in [3.8, 4) is 0 Å². The molecule has 0 aliphatic carbocycles. The maximum Gasteiger partial charge on any atom is 0.216 e. The molecule has 0 aliphatic heterocycles. The predicted octanol–water partition coefficient (Wildman–Crippen LogP) is 3.37. The van der Waals surface area contributed by atoms with Gasteiger partial charge in [0.15, 0.2) is 0 Å². The molecule has 0 saturated heterocycles. The molecule has 1 heterocycles. The van der Waals surface area contributed by atoms with Gasteiger partial charge in [0, 0.05) is 23.3 Å². The smallest absolute Gasteiger partial charge is 0.216 e. The summed E-state index contributed by atoms with van der Waals surface area (Å²) in [7, 11) is 0. The lowest BCUT2D eigenvalue weighted by Gasteiger charge is -2.11. The monoisotopic (exact) mass is 338 g/mol. The maximum atomic E-state index is 10.7. The summed E-state index contributed by atoms with van der Waals surface area (Å²) in [6.07, 6.45) is 0.899. The molecule has 2 N–H and O–H groups in total. The van der Waals surface area contributed by atoms with E-state index in [1.54, 1.807) is 0 Å². The van der Waals surface area contributed by atoms with E-state index < -0.39 is 0 Å². The Labute approximate surface area is 127 Å². The molecule has 0 saturated carbocycles. The molecule has 1 amide bonds. The van der Waals surface area contributed by atoms with Crippen molar-refractivity contribution < 1.29 is 9.21 Å². The Morgan fingerprint density at radius 1 is 1.35 bits per heavy atom. The molecule has 0 spiro atoms. The highest BCUT2D eigenvalue weighted by molar-refractivity contribution is 9.10. The largest absolute Gasteiger partial charge is 0.459 e. The van der Waals surface area contributed by atoms with Crippen molar-refractivity contribution in [1.29, 1.82) is 0 Å². The third-order valence-electron chi connectivity index (χ3n) is 3.10. The van der Waals surface area contributed by atoms with Crippen molar-refractivity contribution >= 4 is 32.8 Å². The molecule has 1 aromatic carbocycles. The van der Waals surface area contributed by atoms with E-state index in [2.05, 4.69) is 39.6 Å². The van der Waals surface area contributed by atoms with Gasteiger partial charge in [-0.2, -0.15) is 0 Å². The number of rotatable bonds is 6. The van der Waals surface area contributed by atoms with Gasteiger partial charge in [-0.05, 0) is 44.2 Å². The molecule has 20 heavy (non-hydrogen) atoms. The van der Waals surface area contributed by atoms with E-state index in [0.717, 1.165) is 34.2 Å². The normalized spacial score (nSPS) is 12.6. The number of fused-ring (bicyclic) bond motifs is 1. The molecule has 4 nitrogen and oxygen atoms in total. The number of carbonyl (C=O) groups is 1. The molecule has 0 bridgehead atoms. The van der Waals surface area contributed by atoms with Crippen molar-refractivity contribution in [3.63, 3.8) is 0 Å². The van der Waals surface area contributed by atoms with Crippen LogP contribution in [-0.2, 0) is 4.79 Å². The quantitative estimate of drug-likeness (QED) is 0.794. The lowest BCUT2D eigenvalue weighted by molar-refractivity contribution is -0.118. The predicted molar refractivity (Wildman–Crippen MR) is 83.6 cm³/mol. The van der Waals surface area contributed by atoms with Crippen LogP contribution in [0.4, 0.5) is 0 Å². The Morgan fingerprint density at radius 2 is 2.15 bits per heavy atom. The summed E-state index contributed by atoms with van der Waals surface area (Å²) in [5.74, 6) is 0.943. The van der Waals surface area contributed by atoms with Crippen LogP contribution in [0, 0.1) is 0 Å². The molecule has 5 heteroatoms. The number of benzene rings is 1. The molecule has 108 valence electrons. The SMILES string of the molecule is CC(=O)NCCCN[C@@H](C)c1cc2cc(Br)ccc2o1. The summed E-state index contributed by atoms with van der Waals surface area (Å²) in [5.41, 5.74) is 0.898. The van der Waals surface area contributed by atoms with E-state index in [1.807, 2.05) is 18.2 Å². The minimum atomic E-state index is 0.0147. The van der Waals surface area contributed by atoms with Gasteiger partial charge in [0.05, 0.1) is 6.04 Å². The molecule has 0 aliphatic rings. The van der Waals surface area contributed by atoms with Crippen LogP contribution in [0.25, 0.3) is 11.0 Å². The highest BCUT2D eigenvalue weighted by Gasteiger charge is 2.10. The van der Waals surface area contributed by atoms with Crippen molar-refractivity contribution in [2.45, 2.75) is 26.3 Å². The molecular formula is C15H19BrN2O2. The van der Waals surface area contributed by atoms with Crippen molar-refractivity contribution in [1.82, 2.24) is 10.6 Å². The zero-order chi connectivity index (χ0) is 14.5. The fourth-order valence-electron chi connectivity index (χ4n) is 2.02. The summed E-state index contributed by atoms with van der Waals surface area (Å²) < 4.78 is 6.88. The van der Waals surface area contributed by atoms with Gasteiger partial charge in [-0.25, -0.2) is 0 Å². The van der Waals surface area contributed by atoms with Crippen LogP contribution >= 0.6 is 15.9 Å². The Balaban J connectivity index is 1.87. The minimum Gasteiger partial charge on any atom is -0.459 e. The number of carbonyl (C=O) groups excluding carboxylic acids is 1. The van der Waals surface area contributed by atoms with Gasteiger partial charge in [-0.1, -0.05) is 15.9 Å². The molecule has 1 aromatic heterocycles. The van der Waals surface area contributed by atoms with E-state index in [0.29, 0.717) is 6.54 Å². The molecule has 2 aromatic rings. The third kappa shape index (κ3) is 4.08. The zero-order valence-corrected chi connectivity index (χ0v) is 13.3. The van der Waals surface area contributed by atoms with Crippen molar-refractivity contribution in [2.75, 3.05) is 13.1 Å². The summed E-state index contributed by atoms with van der Waals surface area (Å²) in [6, 6.07) is 8.20. The first-order valence-corrected chi connectivity index (χ1v) is 7.52. The van der Waals surface area contributed by atoms with Gasteiger partial charge in [-0.15, -0.1) is 0 Å². The lowest BCUT2D eigenvalue weighted by Crippen LogP contribution is -2.26. The first-order valence-electron chi connectivity index (χ1n) is 6.73. The van der Waals surface area contributed by atoms with Gasteiger partial charge in [0.1, 0.15) is 11.3 Å². The highest BCUT2D eigenvalue weighted by atomic mass is 79.9. The number of halogens is 1. The highest BCUT2D eigenvalue weighted by Crippen LogP contribution is 2.26. The van der Waals surface area contributed by atoms with Crippen LogP contribution < -0.4 is 10.6 Å². The van der Waals surface area contributed by atoms with Crippen LogP contribution in [0.5, 0.6) is 0 Å². The molecule has 0 unspecified atom stereocenters. The topological polar surface area (TPSA) is 54.3 Å². The second kappa shape index (κ2) is 6.90. The van der Waals surface area contributed by atoms with Gasteiger partial charge < -0.3 is 15.1 Å². The summed E-state index contributed by atoms with van der Waals surface area (Å²) in [6.45, 7) is 5.14. The number of hydrogen-bond acceptors (Lipinski definition) is 3. The molecule has 0 radical (unpaired) electrons. The van der Waals surface area contributed by atoms with Crippen LogP contribution in [0.15, 0.2) is 33.2 Å². The van der Waals surface area contributed by atoms with Crippen LogP contribution in [0.2, 0.25) is 0 Å². The number of amides is 1. The van der Waals surface area contributed by atoms with Crippen molar-refractivity contribution in [3.05, 3.63) is 34.5 Å². The van der Waals surface area contributed by atoms with Gasteiger partial charge in [0.2, 0.25) is 5.91 Å². The molecule has 2 rings (SSSR count). The summed E-state index contributed by atoms with van der Waals surface area (Å²) in [4.78, 5) is 10.7. The number of hydrogen-bond donors (Lipinski definition) is 2. The average molecular weight is 339 g/mol. The van der Waals surface area contributed by atoms with E-state index in [4.69, 9.17) is 4.42 Å². The fourth-order valence-corrected chi connectivity index (χ4v) is 2.40. The summed E-state index contributed by atoms with van der Waals surface area (Å²) in [5, 5.41) is 7.27. The average Bonchev–Trinajstić information content (AvgIpc) is 2.80. The van der Waals surface area contributed by atoms with Gasteiger partial charge >= 0.3 is 0 Å². The van der Waals surface area contributed by atoms with Crippen LogP contribution in [0.1, 0.15) is 32.1 Å². The van der Waals surface area contributed by atoms with Crippen molar-refractivity contribution in [2.24, 2.45) is 0 Å². The second-order valence-electron chi connectivity index (χ2n) is 4.84. The lowest BCUT2D eigenvalue weighted by atomic mass is 10.2. The van der Waals surface area contributed by atoms with E-state index in [-0.39, 0.29) is 11.9 Å². The summed E-state index contributed by atoms with van der Waals surface area (Å²) >= 11 is 3.46. The Bertz CT molecular complexity index is 595. The van der Waals surface area contributed by atoms with E-state index in [1.165, 1.54) is 6.92 Å². The Morgan fingerprint density at radius 3 is 2.90 bits per heavy atom. The van der Waals surface area contributed by atoms with Gasteiger partial charge in [-0.3, -0.25) is 4.79 Å². The van der Waals surface area contributed by atoms with Crippen LogP contribution in [0.3, 0.4) is 0 Å². The minimum absolute atomic E-state index is 0.0147. The second-order valence-corrected chi connectivity index (χ2v) is 5.76. The maximum absolute atomic E-state index is 10.7. The van der Waals surface area contributed by atoms with Crippen LogP contribution in [-0.4, -0.2) is 19.0 Å². The first-order chi connectivity index (χ1) is 9.56. The standard InChI is InChI=1S/C15H19BrN2O2/c1-10(17-6-3-7-18-11(2)19)15-9-12-8-13(16)4-5-14(12)20-15/h4-5,8-10,17H,3,6-7H2,1-2H3,(H,18,19)/t10-/m0/s1. The van der Waals surface area contributed by atoms with Gasteiger partial charge in [0.25, 0.3) is 0 Å². The molecular weight excluding hydrogens is 320 g/mol. The Kier molecular flexibility index (Phi) is 5.20. The molecule has 1 atom stereocenters. The third-order valence-corrected chi connectivity index (χ3v) is 3.60. The fraction of sp³-hybridized carbons (Fsp3) is 0.400. The Hall–Kier alpha value is -1.33.